The maximum absolute atomic E-state index is 5.39. The highest BCUT2D eigenvalue weighted by molar-refractivity contribution is 5.72. The molecule has 0 saturated heterocycles. The van der Waals surface area contributed by atoms with Crippen LogP contribution in [0.25, 0.3) is 0 Å². The van der Waals surface area contributed by atoms with Crippen molar-refractivity contribution in [2.75, 3.05) is 6.61 Å². The Hall–Kier alpha value is -0.730. The molecular formula is C9H18N2O. The molecule has 1 aliphatic heterocycles. The minimum absolute atomic E-state index is 0.296. The fourth-order valence-corrected chi connectivity index (χ4v) is 1.18. The Labute approximate surface area is 74.0 Å². The van der Waals surface area contributed by atoms with Crippen molar-refractivity contribution >= 4 is 6.02 Å². The average molecular weight is 170 g/mol. The molecule has 0 fully saturated rings. The highest BCUT2D eigenvalue weighted by Crippen LogP contribution is 2.23. The molecule has 0 bridgehead atoms. The largest absolute Gasteiger partial charge is 0.463 e. The Kier molecular flexibility index (Phi) is 2.60. The fourth-order valence-electron chi connectivity index (χ4n) is 1.18. The second-order valence-electron chi connectivity index (χ2n) is 4.53. The highest BCUT2D eigenvalue weighted by Gasteiger charge is 2.19. The number of hydrogen-bond acceptors (Lipinski definition) is 3. The lowest BCUT2D eigenvalue weighted by Gasteiger charge is -2.18. The van der Waals surface area contributed by atoms with Crippen molar-refractivity contribution in [2.45, 2.75) is 39.7 Å². The van der Waals surface area contributed by atoms with Crippen LogP contribution in [0.4, 0.5) is 0 Å². The van der Waals surface area contributed by atoms with Gasteiger partial charge in [0.2, 0.25) is 0 Å². The smallest absolute Gasteiger partial charge is 0.282 e. The molecule has 1 atom stereocenters. The van der Waals surface area contributed by atoms with Gasteiger partial charge in [-0.1, -0.05) is 20.8 Å². The van der Waals surface area contributed by atoms with E-state index in [2.05, 4.69) is 25.8 Å². The monoisotopic (exact) mass is 170 g/mol. The van der Waals surface area contributed by atoms with Gasteiger partial charge in [-0.3, -0.25) is 0 Å². The summed E-state index contributed by atoms with van der Waals surface area (Å²) in [5, 5.41) is 0. The number of ether oxygens (including phenoxy) is 1. The van der Waals surface area contributed by atoms with E-state index in [-0.39, 0.29) is 0 Å². The predicted octanol–water partition coefficient (Wildman–Crippen LogP) is 1.53. The second kappa shape index (κ2) is 3.33. The van der Waals surface area contributed by atoms with Crippen LogP contribution in [-0.2, 0) is 4.74 Å². The molecule has 0 radical (unpaired) electrons. The molecule has 1 heterocycles. The van der Waals surface area contributed by atoms with E-state index in [1.165, 1.54) is 0 Å². The summed E-state index contributed by atoms with van der Waals surface area (Å²) in [6.45, 7) is 7.36. The molecule has 70 valence electrons. The van der Waals surface area contributed by atoms with E-state index in [1.54, 1.807) is 0 Å². The Morgan fingerprint density at radius 3 is 2.67 bits per heavy atom. The molecule has 2 N–H and O–H groups in total. The van der Waals surface area contributed by atoms with E-state index in [1.807, 2.05) is 0 Å². The lowest BCUT2D eigenvalue weighted by atomic mass is 9.89. The van der Waals surface area contributed by atoms with Crippen LogP contribution in [0.15, 0.2) is 4.99 Å². The first-order valence-corrected chi connectivity index (χ1v) is 4.43. The van der Waals surface area contributed by atoms with Crippen LogP contribution in [0.3, 0.4) is 0 Å². The molecule has 3 heteroatoms. The Morgan fingerprint density at radius 2 is 2.25 bits per heavy atom. The first-order chi connectivity index (χ1) is 5.47. The number of hydrogen-bond donors (Lipinski definition) is 1. The molecule has 0 aromatic rings. The number of aliphatic imine (C=N–C) groups is 1. The number of nitrogens with two attached hydrogens (primary N) is 1. The first-order valence-electron chi connectivity index (χ1n) is 4.43. The molecule has 0 aliphatic carbocycles. The van der Waals surface area contributed by atoms with Gasteiger partial charge < -0.3 is 10.5 Å². The van der Waals surface area contributed by atoms with Gasteiger partial charge in [0.15, 0.2) is 0 Å². The summed E-state index contributed by atoms with van der Waals surface area (Å²) < 4.78 is 5.06. The van der Waals surface area contributed by atoms with Gasteiger partial charge >= 0.3 is 0 Å². The van der Waals surface area contributed by atoms with Crippen LogP contribution in [0.2, 0.25) is 0 Å². The zero-order valence-electron chi connectivity index (χ0n) is 8.13. The quantitative estimate of drug-likeness (QED) is 0.683. The van der Waals surface area contributed by atoms with Crippen LogP contribution in [0, 0.1) is 5.41 Å². The Morgan fingerprint density at radius 1 is 1.58 bits per heavy atom. The fraction of sp³-hybridized carbons (Fsp3) is 0.889. The van der Waals surface area contributed by atoms with Crippen LogP contribution in [-0.4, -0.2) is 18.7 Å². The molecule has 12 heavy (non-hydrogen) atoms. The summed E-state index contributed by atoms with van der Waals surface area (Å²) in [7, 11) is 0. The van der Waals surface area contributed by atoms with Crippen LogP contribution < -0.4 is 5.73 Å². The third kappa shape index (κ3) is 3.11. The van der Waals surface area contributed by atoms with E-state index in [0.29, 0.717) is 24.1 Å². The lowest BCUT2D eigenvalue weighted by molar-refractivity contribution is 0.284. The highest BCUT2D eigenvalue weighted by atomic mass is 16.5. The van der Waals surface area contributed by atoms with Gasteiger partial charge in [-0.2, -0.15) is 0 Å². The van der Waals surface area contributed by atoms with Gasteiger partial charge in [0.25, 0.3) is 6.02 Å². The van der Waals surface area contributed by atoms with Gasteiger partial charge in [-0.05, 0) is 18.3 Å². The summed E-state index contributed by atoms with van der Waals surface area (Å²) in [6, 6.07) is 0.651. The van der Waals surface area contributed by atoms with Crippen molar-refractivity contribution in [3.05, 3.63) is 0 Å². The first kappa shape index (κ1) is 9.36. The second-order valence-corrected chi connectivity index (χ2v) is 4.53. The van der Waals surface area contributed by atoms with Crippen molar-refractivity contribution in [3.63, 3.8) is 0 Å². The average Bonchev–Trinajstić information content (AvgIpc) is 2.30. The van der Waals surface area contributed by atoms with Gasteiger partial charge in [-0.15, -0.1) is 0 Å². The lowest BCUT2D eigenvalue weighted by Crippen LogP contribution is -2.12. The number of rotatable bonds is 2. The number of nitrogens with zero attached hydrogens (tertiary/aromatic N) is 1. The van der Waals surface area contributed by atoms with Gasteiger partial charge in [0, 0.05) is 0 Å². The normalized spacial score (nSPS) is 23.6. The summed E-state index contributed by atoms with van der Waals surface area (Å²) in [5.74, 6) is 0. The van der Waals surface area contributed by atoms with Crippen molar-refractivity contribution < 1.29 is 4.74 Å². The Bertz CT molecular complexity index is 181. The summed E-state index contributed by atoms with van der Waals surface area (Å²) in [6.07, 6.45) is 2.24. The minimum atomic E-state index is 0.296. The standard InChI is InChI=1S/C9H18N2O/c1-9(2,3)5-4-7-6-12-8(10)11-7/h7H,4-6H2,1-3H3,(H2,10,11)/t7-/m0/s1. The molecular weight excluding hydrogens is 152 g/mol. The van der Waals surface area contributed by atoms with Crippen LogP contribution >= 0.6 is 0 Å². The molecule has 0 unspecified atom stereocenters. The van der Waals surface area contributed by atoms with Crippen molar-refractivity contribution in [3.8, 4) is 0 Å². The molecule has 1 rings (SSSR count). The molecule has 0 aromatic carbocycles. The Balaban J connectivity index is 2.25. The van der Waals surface area contributed by atoms with E-state index in [0.717, 1.165) is 12.8 Å². The van der Waals surface area contributed by atoms with Crippen molar-refractivity contribution in [2.24, 2.45) is 16.1 Å². The topological polar surface area (TPSA) is 47.6 Å². The number of amidine groups is 1. The van der Waals surface area contributed by atoms with Gasteiger partial charge in [0.05, 0.1) is 6.04 Å². The maximum Gasteiger partial charge on any atom is 0.282 e. The van der Waals surface area contributed by atoms with E-state index >= 15 is 0 Å². The van der Waals surface area contributed by atoms with E-state index < -0.39 is 0 Å². The predicted molar refractivity (Wildman–Crippen MR) is 50.1 cm³/mol. The minimum Gasteiger partial charge on any atom is -0.463 e. The third-order valence-corrected chi connectivity index (χ3v) is 1.96. The van der Waals surface area contributed by atoms with E-state index in [9.17, 15) is 0 Å². The van der Waals surface area contributed by atoms with Crippen LogP contribution in [0.1, 0.15) is 33.6 Å². The zero-order chi connectivity index (χ0) is 9.19. The van der Waals surface area contributed by atoms with Crippen molar-refractivity contribution in [1.29, 1.82) is 0 Å². The molecule has 0 amide bonds. The summed E-state index contributed by atoms with van der Waals surface area (Å²) in [5.41, 5.74) is 5.77. The molecule has 0 spiro atoms. The van der Waals surface area contributed by atoms with E-state index in [4.69, 9.17) is 10.5 Å². The molecule has 3 nitrogen and oxygen atoms in total. The summed E-state index contributed by atoms with van der Waals surface area (Å²) >= 11 is 0. The molecule has 0 saturated carbocycles. The van der Waals surface area contributed by atoms with Crippen molar-refractivity contribution in [1.82, 2.24) is 0 Å². The third-order valence-electron chi connectivity index (χ3n) is 1.96. The maximum atomic E-state index is 5.39. The van der Waals surface area contributed by atoms with Gasteiger partial charge in [-0.25, -0.2) is 4.99 Å². The SMILES string of the molecule is CC(C)(C)CC[C@H]1COC(N)=N1. The zero-order valence-corrected chi connectivity index (χ0v) is 8.13. The molecule has 1 aliphatic rings. The van der Waals surface area contributed by atoms with Crippen LogP contribution in [0.5, 0.6) is 0 Å². The molecule has 0 aromatic heterocycles. The van der Waals surface area contributed by atoms with Gasteiger partial charge in [0.1, 0.15) is 6.61 Å². The summed E-state index contributed by atoms with van der Waals surface area (Å²) in [4.78, 5) is 4.16.